The molecule has 0 aliphatic heterocycles. The van der Waals surface area contributed by atoms with Crippen molar-refractivity contribution in [2.24, 2.45) is 27.9 Å². The number of carboxylic acid groups (broad SMARTS) is 2. The van der Waals surface area contributed by atoms with Gasteiger partial charge in [-0.1, -0.05) is 0 Å². The number of aliphatic imine (C=N–C) groups is 1. The highest BCUT2D eigenvalue weighted by Crippen LogP contribution is 1.96. The Morgan fingerprint density at radius 3 is 2.08 bits per heavy atom. The first kappa shape index (κ1) is 23.9. The van der Waals surface area contributed by atoms with Crippen LogP contribution >= 0.6 is 0 Å². The topological polar surface area (TPSA) is 217 Å². The Balaban J connectivity index is 0. The predicted molar refractivity (Wildman–Crippen MR) is 87.0 cm³/mol. The summed E-state index contributed by atoms with van der Waals surface area (Å²) in [6.45, 7) is 2.35. The predicted octanol–water partition coefficient (Wildman–Crippen LogP) is -1.81. The lowest BCUT2D eigenvalue weighted by molar-refractivity contribution is -0.145. The van der Waals surface area contributed by atoms with Crippen LogP contribution in [0.3, 0.4) is 0 Å². The molecule has 0 fully saturated rings. The number of ether oxygens (including phenoxy) is 1. The van der Waals surface area contributed by atoms with Crippen molar-refractivity contribution >= 4 is 23.9 Å². The van der Waals surface area contributed by atoms with E-state index < -0.39 is 30.0 Å². The Morgan fingerprint density at radius 1 is 1.08 bits per heavy atom. The Morgan fingerprint density at radius 2 is 1.67 bits per heavy atom. The Bertz CT molecular complexity index is 425. The zero-order chi connectivity index (χ0) is 19.1. The minimum atomic E-state index is -1.00. The van der Waals surface area contributed by atoms with Gasteiger partial charge in [0.15, 0.2) is 5.96 Å². The van der Waals surface area contributed by atoms with Gasteiger partial charge in [-0.05, 0) is 26.2 Å². The van der Waals surface area contributed by atoms with E-state index in [1.165, 1.54) is 0 Å². The minimum absolute atomic E-state index is 0.0129. The monoisotopic (exact) mass is 349 g/mol. The fraction of sp³-hybridized carbons (Fsp3) is 0.692. The molecule has 0 radical (unpaired) electrons. The number of hydrogen-bond donors (Lipinski definition) is 6. The second-order valence-electron chi connectivity index (χ2n) is 4.68. The van der Waals surface area contributed by atoms with Crippen LogP contribution in [0.4, 0.5) is 0 Å². The largest absolute Gasteiger partial charge is 0.481 e. The van der Waals surface area contributed by atoms with E-state index in [4.69, 9.17) is 33.1 Å². The van der Waals surface area contributed by atoms with Crippen molar-refractivity contribution in [3.8, 4) is 0 Å². The maximum Gasteiger partial charge on any atom is 0.322 e. The Hall–Kier alpha value is -2.40. The SMILES string of the molecule is CCOC(=O)C(N)CCC(=O)O.NC(N)=NCCCC(N)C(=O)O. The van der Waals surface area contributed by atoms with E-state index in [1.807, 2.05) is 0 Å². The molecule has 0 saturated heterocycles. The minimum Gasteiger partial charge on any atom is -0.481 e. The maximum absolute atomic E-state index is 10.8. The summed E-state index contributed by atoms with van der Waals surface area (Å²) >= 11 is 0. The van der Waals surface area contributed by atoms with Gasteiger partial charge < -0.3 is 37.9 Å². The van der Waals surface area contributed by atoms with Crippen molar-refractivity contribution in [1.29, 1.82) is 0 Å². The van der Waals surface area contributed by atoms with Crippen LogP contribution < -0.4 is 22.9 Å². The van der Waals surface area contributed by atoms with E-state index in [0.29, 0.717) is 19.4 Å². The highest BCUT2D eigenvalue weighted by Gasteiger charge is 2.15. The lowest BCUT2D eigenvalue weighted by atomic mass is 10.2. The van der Waals surface area contributed by atoms with Crippen LogP contribution in [0.15, 0.2) is 4.99 Å². The number of esters is 1. The third-order valence-corrected chi connectivity index (χ3v) is 2.54. The van der Waals surface area contributed by atoms with Crippen molar-refractivity contribution in [3.05, 3.63) is 0 Å². The molecule has 2 atom stereocenters. The molecule has 0 heterocycles. The number of guanidine groups is 1. The highest BCUT2D eigenvalue weighted by atomic mass is 16.5. The van der Waals surface area contributed by atoms with Crippen LogP contribution in [0.25, 0.3) is 0 Å². The summed E-state index contributed by atoms with van der Waals surface area (Å²) in [4.78, 5) is 34.8. The van der Waals surface area contributed by atoms with Gasteiger partial charge >= 0.3 is 17.9 Å². The van der Waals surface area contributed by atoms with Crippen LogP contribution in [-0.2, 0) is 19.1 Å². The molecular formula is C13H27N5O6. The molecule has 0 spiro atoms. The lowest BCUT2D eigenvalue weighted by Crippen LogP contribution is -2.32. The molecular weight excluding hydrogens is 322 g/mol. The van der Waals surface area contributed by atoms with Crippen molar-refractivity contribution in [3.63, 3.8) is 0 Å². The van der Waals surface area contributed by atoms with Gasteiger partial charge in [0.2, 0.25) is 0 Å². The van der Waals surface area contributed by atoms with Gasteiger partial charge in [0, 0.05) is 13.0 Å². The lowest BCUT2D eigenvalue weighted by Gasteiger charge is -2.07. The zero-order valence-corrected chi connectivity index (χ0v) is 13.7. The van der Waals surface area contributed by atoms with Crippen molar-refractivity contribution < 1.29 is 29.3 Å². The second kappa shape index (κ2) is 14.2. The molecule has 11 heteroatoms. The quantitative estimate of drug-likeness (QED) is 0.112. The normalized spacial score (nSPS) is 12.1. The number of aliphatic carboxylic acids is 2. The first-order valence-electron chi connectivity index (χ1n) is 7.29. The molecule has 0 saturated carbocycles. The van der Waals surface area contributed by atoms with E-state index >= 15 is 0 Å². The smallest absolute Gasteiger partial charge is 0.322 e. The Kier molecular flexibility index (Phi) is 14.1. The molecule has 0 aliphatic carbocycles. The molecule has 0 aromatic rings. The Labute approximate surface area is 140 Å². The van der Waals surface area contributed by atoms with Gasteiger partial charge in [0.1, 0.15) is 12.1 Å². The number of carbonyl (C=O) groups excluding carboxylic acids is 1. The van der Waals surface area contributed by atoms with Gasteiger partial charge in [-0.3, -0.25) is 19.4 Å². The average molecular weight is 349 g/mol. The molecule has 0 bridgehead atoms. The van der Waals surface area contributed by atoms with Gasteiger partial charge in [0.25, 0.3) is 0 Å². The summed E-state index contributed by atoms with van der Waals surface area (Å²) in [5, 5.41) is 16.6. The summed E-state index contributed by atoms with van der Waals surface area (Å²) in [7, 11) is 0. The summed E-state index contributed by atoms with van der Waals surface area (Å²) in [5.74, 6) is -2.49. The van der Waals surface area contributed by atoms with E-state index in [0.717, 1.165) is 0 Å². The van der Waals surface area contributed by atoms with E-state index in [2.05, 4.69) is 9.73 Å². The highest BCUT2D eigenvalue weighted by molar-refractivity contribution is 5.76. The van der Waals surface area contributed by atoms with Crippen molar-refractivity contribution in [1.82, 2.24) is 0 Å². The average Bonchev–Trinajstić information content (AvgIpc) is 2.49. The molecule has 24 heavy (non-hydrogen) atoms. The molecule has 0 amide bonds. The molecule has 0 aliphatic rings. The fourth-order valence-corrected chi connectivity index (χ4v) is 1.29. The number of carbonyl (C=O) groups is 3. The van der Waals surface area contributed by atoms with Crippen LogP contribution in [0.2, 0.25) is 0 Å². The summed E-state index contributed by atoms with van der Waals surface area (Å²) < 4.78 is 4.58. The van der Waals surface area contributed by atoms with Crippen molar-refractivity contribution in [2.45, 2.75) is 44.7 Å². The first-order chi connectivity index (χ1) is 11.1. The van der Waals surface area contributed by atoms with Crippen LogP contribution in [0.5, 0.6) is 0 Å². The van der Waals surface area contributed by atoms with Gasteiger partial charge in [0.05, 0.1) is 6.61 Å². The third kappa shape index (κ3) is 16.0. The number of hydrogen-bond acceptors (Lipinski definition) is 7. The number of carboxylic acids is 2. The summed E-state index contributed by atoms with van der Waals surface area (Å²) in [6.07, 6.45) is 0.964. The first-order valence-corrected chi connectivity index (χ1v) is 7.29. The maximum atomic E-state index is 10.8. The van der Waals surface area contributed by atoms with Gasteiger partial charge in [-0.15, -0.1) is 0 Å². The van der Waals surface area contributed by atoms with Gasteiger partial charge in [-0.2, -0.15) is 0 Å². The zero-order valence-electron chi connectivity index (χ0n) is 13.7. The van der Waals surface area contributed by atoms with Gasteiger partial charge in [-0.25, -0.2) is 0 Å². The third-order valence-electron chi connectivity index (χ3n) is 2.54. The van der Waals surface area contributed by atoms with E-state index in [-0.39, 0.29) is 25.4 Å². The van der Waals surface area contributed by atoms with Crippen molar-refractivity contribution in [2.75, 3.05) is 13.2 Å². The molecule has 10 N–H and O–H groups in total. The number of nitrogens with two attached hydrogens (primary N) is 4. The molecule has 0 aromatic heterocycles. The molecule has 0 aromatic carbocycles. The molecule has 140 valence electrons. The fourth-order valence-electron chi connectivity index (χ4n) is 1.29. The van der Waals surface area contributed by atoms with Crippen LogP contribution in [0.1, 0.15) is 32.6 Å². The number of rotatable bonds is 10. The molecule has 2 unspecified atom stereocenters. The van der Waals surface area contributed by atoms with E-state index in [1.54, 1.807) is 6.92 Å². The van der Waals surface area contributed by atoms with E-state index in [9.17, 15) is 14.4 Å². The summed E-state index contributed by atoms with van der Waals surface area (Å²) in [5.41, 5.74) is 20.6. The summed E-state index contributed by atoms with van der Waals surface area (Å²) in [6, 6.07) is -1.64. The standard InChI is InChI=1S/C7H13NO4.C6H14N4O2/c1-2-12-7(11)5(8)3-4-6(9)10;7-4(5(11)12)2-1-3-10-6(8)9/h5H,2-4,8H2,1H3,(H,9,10);4H,1-3,7H2,(H,11,12)(H4,8,9,10). The van der Waals surface area contributed by atoms with Crippen LogP contribution in [0, 0.1) is 0 Å². The van der Waals surface area contributed by atoms with Crippen LogP contribution in [-0.4, -0.2) is 59.3 Å². The molecule has 0 rings (SSSR count). The number of nitrogens with zero attached hydrogens (tertiary/aromatic N) is 1. The second-order valence-corrected chi connectivity index (χ2v) is 4.68. The molecule has 11 nitrogen and oxygen atoms in total.